The van der Waals surface area contributed by atoms with E-state index in [4.69, 9.17) is 0 Å². The molecule has 94 valence electrons. The summed E-state index contributed by atoms with van der Waals surface area (Å²) < 4.78 is 0. The van der Waals surface area contributed by atoms with Crippen molar-refractivity contribution in [2.45, 2.75) is 50.0 Å². The summed E-state index contributed by atoms with van der Waals surface area (Å²) in [7, 11) is 0. The molecule has 0 spiro atoms. The van der Waals surface area contributed by atoms with Crippen LogP contribution >= 0.6 is 11.8 Å². The van der Waals surface area contributed by atoms with E-state index >= 15 is 0 Å². The zero-order chi connectivity index (χ0) is 11.9. The summed E-state index contributed by atoms with van der Waals surface area (Å²) >= 11 is 2.04. The molecule has 2 rings (SSSR count). The van der Waals surface area contributed by atoms with E-state index in [2.05, 4.69) is 22.2 Å². The zero-order valence-corrected chi connectivity index (χ0v) is 11.3. The van der Waals surface area contributed by atoms with E-state index in [9.17, 15) is 0 Å². The Kier molecular flexibility index (Phi) is 5.10. The fraction of sp³-hybridized carbons (Fsp3) is 0.692. The Labute approximate surface area is 108 Å². The van der Waals surface area contributed by atoms with Gasteiger partial charge in [-0.2, -0.15) is 11.8 Å². The Balaban J connectivity index is 1.76. The van der Waals surface area contributed by atoms with E-state index in [1.165, 1.54) is 25.7 Å². The summed E-state index contributed by atoms with van der Waals surface area (Å²) in [6, 6.07) is 0. The summed E-state index contributed by atoms with van der Waals surface area (Å²) in [6.07, 6.45) is 10.4. The van der Waals surface area contributed by atoms with Crippen LogP contribution in [0.3, 0.4) is 0 Å². The molecule has 1 aromatic rings. The minimum atomic E-state index is 0.856. The van der Waals surface area contributed by atoms with Gasteiger partial charge in [0.25, 0.3) is 0 Å². The lowest BCUT2D eigenvalue weighted by Gasteiger charge is -2.08. The Hall–Kier alpha value is -0.770. The first-order valence-corrected chi connectivity index (χ1v) is 7.59. The first kappa shape index (κ1) is 12.7. The average Bonchev–Trinajstić information content (AvgIpc) is 2.88. The summed E-state index contributed by atoms with van der Waals surface area (Å²) in [6.45, 7) is 3.11. The molecule has 0 amide bonds. The van der Waals surface area contributed by atoms with Crippen molar-refractivity contribution in [3.63, 3.8) is 0 Å². The van der Waals surface area contributed by atoms with Gasteiger partial charge in [0.05, 0.1) is 18.1 Å². The topological polar surface area (TPSA) is 37.8 Å². The number of hydrogen-bond donors (Lipinski definition) is 1. The molecule has 1 heterocycles. The SMILES string of the molecule is CCCNc1cnc(CSC2CCCC2)cn1. The molecule has 0 aromatic carbocycles. The summed E-state index contributed by atoms with van der Waals surface area (Å²) in [5.74, 6) is 1.90. The Bertz CT molecular complexity index is 320. The Morgan fingerprint density at radius 3 is 2.76 bits per heavy atom. The third kappa shape index (κ3) is 4.19. The molecule has 1 aliphatic carbocycles. The van der Waals surface area contributed by atoms with Crippen LogP contribution < -0.4 is 5.32 Å². The highest BCUT2D eigenvalue weighted by Crippen LogP contribution is 2.31. The van der Waals surface area contributed by atoms with E-state index in [0.717, 1.165) is 35.5 Å². The van der Waals surface area contributed by atoms with Gasteiger partial charge in [-0.3, -0.25) is 4.98 Å². The molecule has 1 fully saturated rings. The fourth-order valence-electron chi connectivity index (χ4n) is 2.03. The predicted molar refractivity (Wildman–Crippen MR) is 74.4 cm³/mol. The number of aromatic nitrogens is 2. The Morgan fingerprint density at radius 1 is 1.29 bits per heavy atom. The molecular weight excluding hydrogens is 230 g/mol. The summed E-state index contributed by atoms with van der Waals surface area (Å²) in [4.78, 5) is 8.82. The van der Waals surface area contributed by atoms with Crippen LogP contribution in [0.25, 0.3) is 0 Å². The van der Waals surface area contributed by atoms with Gasteiger partial charge in [0.15, 0.2) is 0 Å². The van der Waals surface area contributed by atoms with Crippen LogP contribution in [0.4, 0.5) is 5.82 Å². The molecule has 3 nitrogen and oxygen atoms in total. The monoisotopic (exact) mass is 251 g/mol. The zero-order valence-electron chi connectivity index (χ0n) is 10.5. The number of thioether (sulfide) groups is 1. The molecule has 0 saturated heterocycles. The molecule has 4 heteroatoms. The van der Waals surface area contributed by atoms with Crippen molar-refractivity contribution >= 4 is 17.6 Å². The van der Waals surface area contributed by atoms with Gasteiger partial charge < -0.3 is 5.32 Å². The average molecular weight is 251 g/mol. The van der Waals surface area contributed by atoms with Crippen molar-refractivity contribution in [2.24, 2.45) is 0 Å². The molecule has 0 radical (unpaired) electrons. The number of rotatable bonds is 6. The van der Waals surface area contributed by atoms with E-state index in [-0.39, 0.29) is 0 Å². The van der Waals surface area contributed by atoms with Gasteiger partial charge in [-0.05, 0) is 19.3 Å². The third-order valence-corrected chi connectivity index (χ3v) is 4.44. The fourth-order valence-corrected chi connectivity index (χ4v) is 3.25. The van der Waals surface area contributed by atoms with E-state index in [0.29, 0.717) is 0 Å². The van der Waals surface area contributed by atoms with Crippen LogP contribution in [0, 0.1) is 0 Å². The number of nitrogens with zero attached hydrogens (tertiary/aromatic N) is 2. The standard InChI is InChI=1S/C13H21N3S/c1-2-7-14-13-9-15-11(8-16-13)10-17-12-5-3-4-6-12/h8-9,12H,2-7,10H2,1H3,(H,14,16). The van der Waals surface area contributed by atoms with Gasteiger partial charge in [0.2, 0.25) is 0 Å². The van der Waals surface area contributed by atoms with Crippen LogP contribution in [0.2, 0.25) is 0 Å². The predicted octanol–water partition coefficient (Wildman–Crippen LogP) is 3.47. The Morgan fingerprint density at radius 2 is 2.12 bits per heavy atom. The molecule has 1 aliphatic rings. The first-order valence-electron chi connectivity index (χ1n) is 6.55. The minimum Gasteiger partial charge on any atom is -0.369 e. The molecule has 0 atom stereocenters. The molecular formula is C13H21N3S. The van der Waals surface area contributed by atoms with Gasteiger partial charge in [0, 0.05) is 17.5 Å². The van der Waals surface area contributed by atoms with Crippen LogP contribution in [0.5, 0.6) is 0 Å². The molecule has 1 N–H and O–H groups in total. The highest BCUT2D eigenvalue weighted by molar-refractivity contribution is 7.99. The molecule has 0 bridgehead atoms. The third-order valence-electron chi connectivity index (χ3n) is 3.03. The summed E-state index contributed by atoms with van der Waals surface area (Å²) in [5.41, 5.74) is 1.10. The lowest BCUT2D eigenvalue weighted by atomic mass is 10.4. The van der Waals surface area contributed by atoms with Gasteiger partial charge in [0.1, 0.15) is 5.82 Å². The van der Waals surface area contributed by atoms with Gasteiger partial charge in [-0.25, -0.2) is 4.98 Å². The largest absolute Gasteiger partial charge is 0.369 e. The molecule has 17 heavy (non-hydrogen) atoms. The lowest BCUT2D eigenvalue weighted by molar-refractivity contribution is 0.886. The maximum absolute atomic E-state index is 4.45. The van der Waals surface area contributed by atoms with Crippen molar-refractivity contribution in [2.75, 3.05) is 11.9 Å². The van der Waals surface area contributed by atoms with Crippen LogP contribution in [0.1, 0.15) is 44.7 Å². The van der Waals surface area contributed by atoms with E-state index in [1.807, 2.05) is 24.2 Å². The number of anilines is 1. The van der Waals surface area contributed by atoms with Crippen molar-refractivity contribution in [3.05, 3.63) is 18.1 Å². The summed E-state index contributed by atoms with van der Waals surface area (Å²) in [5, 5.41) is 4.09. The molecule has 1 aromatic heterocycles. The maximum atomic E-state index is 4.45. The normalized spacial score (nSPS) is 16.3. The maximum Gasteiger partial charge on any atom is 0.144 e. The van der Waals surface area contributed by atoms with Crippen LogP contribution in [0.15, 0.2) is 12.4 Å². The highest BCUT2D eigenvalue weighted by atomic mass is 32.2. The number of nitrogens with one attached hydrogen (secondary N) is 1. The second-order valence-corrected chi connectivity index (χ2v) is 5.83. The lowest BCUT2D eigenvalue weighted by Crippen LogP contribution is -2.03. The van der Waals surface area contributed by atoms with Crippen molar-refractivity contribution in [1.82, 2.24) is 9.97 Å². The highest BCUT2D eigenvalue weighted by Gasteiger charge is 2.15. The minimum absolute atomic E-state index is 0.856. The molecule has 0 unspecified atom stereocenters. The van der Waals surface area contributed by atoms with Crippen LogP contribution in [-0.2, 0) is 5.75 Å². The van der Waals surface area contributed by atoms with Gasteiger partial charge >= 0.3 is 0 Å². The molecule has 0 aliphatic heterocycles. The molecule has 1 saturated carbocycles. The van der Waals surface area contributed by atoms with Gasteiger partial charge in [-0.1, -0.05) is 19.8 Å². The van der Waals surface area contributed by atoms with Crippen molar-refractivity contribution in [1.29, 1.82) is 0 Å². The van der Waals surface area contributed by atoms with E-state index < -0.39 is 0 Å². The van der Waals surface area contributed by atoms with Gasteiger partial charge in [-0.15, -0.1) is 0 Å². The van der Waals surface area contributed by atoms with Crippen LogP contribution in [-0.4, -0.2) is 21.8 Å². The van der Waals surface area contributed by atoms with E-state index in [1.54, 1.807) is 0 Å². The second kappa shape index (κ2) is 6.84. The van der Waals surface area contributed by atoms with Crippen molar-refractivity contribution in [3.8, 4) is 0 Å². The smallest absolute Gasteiger partial charge is 0.144 e. The number of hydrogen-bond acceptors (Lipinski definition) is 4. The first-order chi connectivity index (χ1) is 8.38. The second-order valence-electron chi connectivity index (χ2n) is 4.54. The van der Waals surface area contributed by atoms with Crippen molar-refractivity contribution < 1.29 is 0 Å². The quantitative estimate of drug-likeness (QED) is 0.840.